The summed E-state index contributed by atoms with van der Waals surface area (Å²) in [6.45, 7) is 0. The van der Waals surface area contributed by atoms with Gasteiger partial charge in [-0.05, 0) is 24.7 Å². The second-order valence-corrected chi connectivity index (χ2v) is 3.27. The summed E-state index contributed by atoms with van der Waals surface area (Å²) in [6, 6.07) is 0.346. The fraction of sp³-hybridized carbons (Fsp3) is 0.857. The van der Waals surface area contributed by atoms with Crippen LogP contribution in [0.5, 0.6) is 0 Å². The van der Waals surface area contributed by atoms with Crippen LogP contribution in [-0.4, -0.2) is 12.3 Å². The Balaban J connectivity index is 1.99. The van der Waals surface area contributed by atoms with Gasteiger partial charge in [0.1, 0.15) is 6.29 Å². The number of carbonyl (C=O) groups excluding carboxylic acids is 1. The Hall–Kier alpha value is -0.370. The fourth-order valence-corrected chi connectivity index (χ4v) is 2.20. The van der Waals surface area contributed by atoms with Crippen LogP contribution in [0.4, 0.5) is 0 Å². The molecule has 0 aromatic heterocycles. The number of hydrogen-bond acceptors (Lipinski definition) is 2. The molecule has 0 heterocycles. The van der Waals surface area contributed by atoms with Gasteiger partial charge in [-0.25, -0.2) is 0 Å². The zero-order valence-electron chi connectivity index (χ0n) is 5.29. The SMILES string of the molecule is NC1CC2CC(C=O)C12. The third kappa shape index (κ3) is 0.517. The van der Waals surface area contributed by atoms with E-state index in [1.807, 2.05) is 0 Å². The van der Waals surface area contributed by atoms with E-state index in [0.717, 1.165) is 25.0 Å². The molecule has 0 aromatic carbocycles. The standard InChI is InChI=1S/C7H11NO/c8-6-2-4-1-5(3-9)7(4)6/h3-7H,1-2,8H2. The Morgan fingerprint density at radius 2 is 2.22 bits per heavy atom. The topological polar surface area (TPSA) is 43.1 Å². The maximum Gasteiger partial charge on any atom is 0.123 e. The first-order valence-corrected chi connectivity index (χ1v) is 3.54. The Morgan fingerprint density at radius 3 is 2.56 bits per heavy atom. The van der Waals surface area contributed by atoms with E-state index in [0.29, 0.717) is 17.9 Å². The van der Waals surface area contributed by atoms with Crippen LogP contribution in [-0.2, 0) is 4.79 Å². The molecule has 0 bridgehead atoms. The maximum atomic E-state index is 10.3. The van der Waals surface area contributed by atoms with Crippen molar-refractivity contribution in [1.29, 1.82) is 0 Å². The van der Waals surface area contributed by atoms with Crippen LogP contribution in [0.2, 0.25) is 0 Å². The summed E-state index contributed by atoms with van der Waals surface area (Å²) < 4.78 is 0. The molecule has 2 fully saturated rings. The summed E-state index contributed by atoms with van der Waals surface area (Å²) in [5, 5.41) is 0. The third-order valence-corrected chi connectivity index (χ3v) is 2.86. The van der Waals surface area contributed by atoms with Crippen LogP contribution < -0.4 is 5.73 Å². The Morgan fingerprint density at radius 1 is 1.44 bits per heavy atom. The number of rotatable bonds is 1. The van der Waals surface area contributed by atoms with Crippen molar-refractivity contribution >= 4 is 6.29 Å². The molecule has 0 radical (unpaired) electrons. The van der Waals surface area contributed by atoms with Crippen molar-refractivity contribution in [3.05, 3.63) is 0 Å². The lowest BCUT2D eigenvalue weighted by molar-refractivity contribution is -0.127. The molecule has 0 aliphatic heterocycles. The number of fused-ring (bicyclic) bond motifs is 1. The van der Waals surface area contributed by atoms with Gasteiger partial charge < -0.3 is 10.5 Å². The van der Waals surface area contributed by atoms with Gasteiger partial charge in [-0.1, -0.05) is 0 Å². The average molecular weight is 125 g/mol. The fourth-order valence-electron chi connectivity index (χ4n) is 2.20. The zero-order chi connectivity index (χ0) is 6.43. The summed E-state index contributed by atoms with van der Waals surface area (Å²) in [4.78, 5) is 10.3. The Kier molecular flexibility index (Phi) is 0.943. The van der Waals surface area contributed by atoms with Gasteiger partial charge in [0.25, 0.3) is 0 Å². The quantitative estimate of drug-likeness (QED) is 0.507. The minimum Gasteiger partial charge on any atom is -0.327 e. The van der Waals surface area contributed by atoms with Gasteiger partial charge in [0, 0.05) is 12.0 Å². The van der Waals surface area contributed by atoms with Crippen molar-refractivity contribution in [1.82, 2.24) is 0 Å². The van der Waals surface area contributed by atoms with E-state index < -0.39 is 0 Å². The second kappa shape index (κ2) is 1.57. The van der Waals surface area contributed by atoms with E-state index in [2.05, 4.69) is 0 Å². The zero-order valence-corrected chi connectivity index (χ0v) is 5.29. The predicted molar refractivity (Wildman–Crippen MR) is 33.7 cm³/mol. The summed E-state index contributed by atoms with van der Waals surface area (Å²) in [7, 11) is 0. The van der Waals surface area contributed by atoms with Crippen molar-refractivity contribution in [2.24, 2.45) is 23.5 Å². The van der Waals surface area contributed by atoms with Crippen molar-refractivity contribution < 1.29 is 4.79 Å². The molecule has 2 N–H and O–H groups in total. The Bertz CT molecular complexity index is 142. The van der Waals surface area contributed by atoms with E-state index >= 15 is 0 Å². The third-order valence-electron chi connectivity index (χ3n) is 2.86. The maximum absolute atomic E-state index is 10.3. The molecule has 2 heteroatoms. The van der Waals surface area contributed by atoms with Crippen molar-refractivity contribution in [2.75, 3.05) is 0 Å². The molecular weight excluding hydrogens is 114 g/mol. The molecule has 4 atom stereocenters. The highest BCUT2D eigenvalue weighted by molar-refractivity contribution is 5.57. The first-order valence-electron chi connectivity index (χ1n) is 3.54. The van der Waals surface area contributed by atoms with Crippen molar-refractivity contribution in [3.8, 4) is 0 Å². The van der Waals surface area contributed by atoms with Crippen LogP contribution in [0.3, 0.4) is 0 Å². The largest absolute Gasteiger partial charge is 0.327 e. The van der Waals surface area contributed by atoms with Crippen LogP contribution in [0.25, 0.3) is 0 Å². The summed E-state index contributed by atoms with van der Waals surface area (Å²) in [5.74, 6) is 1.71. The first-order chi connectivity index (χ1) is 4.33. The van der Waals surface area contributed by atoms with Crippen molar-refractivity contribution in [3.63, 3.8) is 0 Å². The highest BCUT2D eigenvalue weighted by Gasteiger charge is 2.52. The molecule has 2 rings (SSSR count). The molecule has 0 amide bonds. The Labute approximate surface area is 54.4 Å². The van der Waals surface area contributed by atoms with E-state index in [1.165, 1.54) is 0 Å². The molecule has 0 aromatic rings. The minimum absolute atomic E-state index is 0.318. The number of hydrogen-bond donors (Lipinski definition) is 1. The molecule has 2 aliphatic rings. The predicted octanol–water partition coefficient (Wildman–Crippen LogP) is 0.169. The van der Waals surface area contributed by atoms with E-state index in [1.54, 1.807) is 0 Å². The molecule has 2 nitrogen and oxygen atoms in total. The molecular formula is C7H11NO. The second-order valence-electron chi connectivity index (χ2n) is 3.27. The lowest BCUT2D eigenvalue weighted by atomic mass is 9.51. The van der Waals surface area contributed by atoms with Gasteiger partial charge in [0.2, 0.25) is 0 Å². The van der Waals surface area contributed by atoms with Gasteiger partial charge in [-0.15, -0.1) is 0 Å². The van der Waals surface area contributed by atoms with E-state index in [9.17, 15) is 4.79 Å². The minimum atomic E-state index is 0.318. The van der Waals surface area contributed by atoms with Gasteiger partial charge in [-0.2, -0.15) is 0 Å². The van der Waals surface area contributed by atoms with Crippen LogP contribution in [0.15, 0.2) is 0 Å². The molecule has 0 spiro atoms. The summed E-state index contributed by atoms with van der Waals surface area (Å²) in [5.41, 5.74) is 5.67. The van der Waals surface area contributed by atoms with Gasteiger partial charge in [-0.3, -0.25) is 0 Å². The highest BCUT2D eigenvalue weighted by atomic mass is 16.1. The van der Waals surface area contributed by atoms with Gasteiger partial charge in [0.05, 0.1) is 0 Å². The van der Waals surface area contributed by atoms with E-state index in [4.69, 9.17) is 5.73 Å². The monoisotopic (exact) mass is 125 g/mol. The lowest BCUT2D eigenvalue weighted by Gasteiger charge is -2.55. The summed E-state index contributed by atoms with van der Waals surface area (Å²) >= 11 is 0. The van der Waals surface area contributed by atoms with Crippen LogP contribution in [0.1, 0.15) is 12.8 Å². The van der Waals surface area contributed by atoms with Crippen LogP contribution >= 0.6 is 0 Å². The molecule has 2 aliphatic carbocycles. The number of aldehydes is 1. The van der Waals surface area contributed by atoms with Crippen molar-refractivity contribution in [2.45, 2.75) is 18.9 Å². The first kappa shape index (κ1) is 5.42. The van der Waals surface area contributed by atoms with Crippen LogP contribution in [0, 0.1) is 17.8 Å². The average Bonchev–Trinajstić information content (AvgIpc) is 1.80. The van der Waals surface area contributed by atoms with Gasteiger partial charge >= 0.3 is 0 Å². The van der Waals surface area contributed by atoms with Gasteiger partial charge in [0.15, 0.2) is 0 Å². The number of carbonyl (C=O) groups is 1. The highest BCUT2D eigenvalue weighted by Crippen LogP contribution is 2.52. The summed E-state index contributed by atoms with van der Waals surface area (Å²) in [6.07, 6.45) is 3.34. The molecule has 9 heavy (non-hydrogen) atoms. The van der Waals surface area contributed by atoms with E-state index in [-0.39, 0.29) is 0 Å². The molecule has 2 saturated carbocycles. The molecule has 0 saturated heterocycles. The smallest absolute Gasteiger partial charge is 0.123 e. The molecule has 50 valence electrons. The normalized spacial score (nSPS) is 54.8. The number of nitrogens with two attached hydrogens (primary N) is 1. The molecule has 4 unspecified atom stereocenters. The lowest BCUT2D eigenvalue weighted by Crippen LogP contribution is -2.59.